The standard InChI is InChI=1S/C15H20ClFN2O3S/c1-23(21,22)15(5-8-18-9-6-15)14(20)19-7-4-11-2-3-12(17)10-13(11)16/h2-3,10,18H,4-9H2,1H3,(H,19,20). The lowest BCUT2D eigenvalue weighted by molar-refractivity contribution is -0.124. The molecular weight excluding hydrogens is 343 g/mol. The van der Waals surface area contributed by atoms with E-state index in [-0.39, 0.29) is 19.4 Å². The molecule has 1 saturated heterocycles. The van der Waals surface area contributed by atoms with Crippen molar-refractivity contribution in [2.24, 2.45) is 0 Å². The largest absolute Gasteiger partial charge is 0.354 e. The summed E-state index contributed by atoms with van der Waals surface area (Å²) in [6.45, 7) is 1.23. The van der Waals surface area contributed by atoms with Gasteiger partial charge in [0.1, 0.15) is 5.82 Å². The van der Waals surface area contributed by atoms with Crippen LogP contribution in [0.25, 0.3) is 0 Å². The summed E-state index contributed by atoms with van der Waals surface area (Å²) in [6.07, 6.45) is 2.03. The Balaban J connectivity index is 2.02. The Morgan fingerprint density at radius 1 is 1.39 bits per heavy atom. The lowest BCUT2D eigenvalue weighted by atomic mass is 9.95. The minimum Gasteiger partial charge on any atom is -0.354 e. The average Bonchev–Trinajstić information content (AvgIpc) is 2.49. The lowest BCUT2D eigenvalue weighted by Gasteiger charge is -2.34. The number of carbonyl (C=O) groups is 1. The molecule has 8 heteroatoms. The van der Waals surface area contributed by atoms with Gasteiger partial charge in [-0.15, -0.1) is 0 Å². The summed E-state index contributed by atoms with van der Waals surface area (Å²) < 4.78 is 35.9. The molecule has 1 fully saturated rings. The van der Waals surface area contributed by atoms with E-state index in [1.54, 1.807) is 6.07 Å². The molecule has 0 atom stereocenters. The quantitative estimate of drug-likeness (QED) is 0.828. The van der Waals surface area contributed by atoms with Crippen molar-refractivity contribution in [3.05, 3.63) is 34.6 Å². The second-order valence-corrected chi connectivity index (χ2v) is 8.49. The Morgan fingerprint density at radius 2 is 2.04 bits per heavy atom. The van der Waals surface area contributed by atoms with E-state index in [0.29, 0.717) is 30.1 Å². The molecule has 1 aromatic carbocycles. The summed E-state index contributed by atoms with van der Waals surface area (Å²) in [4.78, 5) is 12.5. The fourth-order valence-corrected chi connectivity index (χ4v) is 4.41. The Kier molecular flexibility index (Phi) is 5.65. The molecule has 23 heavy (non-hydrogen) atoms. The zero-order chi connectivity index (χ0) is 17.1. The van der Waals surface area contributed by atoms with Crippen molar-refractivity contribution in [1.29, 1.82) is 0 Å². The molecule has 128 valence electrons. The normalized spacial score (nSPS) is 17.7. The summed E-state index contributed by atoms with van der Waals surface area (Å²) in [6, 6.07) is 4.07. The molecule has 2 rings (SSSR count). The molecule has 1 amide bonds. The maximum absolute atomic E-state index is 13.0. The SMILES string of the molecule is CS(=O)(=O)C1(C(=O)NCCc2ccc(F)cc2Cl)CCNCC1. The number of benzene rings is 1. The van der Waals surface area contributed by atoms with Crippen molar-refractivity contribution < 1.29 is 17.6 Å². The van der Waals surface area contributed by atoms with Crippen LogP contribution in [0.3, 0.4) is 0 Å². The summed E-state index contributed by atoms with van der Waals surface area (Å²) in [5.41, 5.74) is 0.701. The molecule has 0 aliphatic carbocycles. The first kappa shape index (κ1) is 18.2. The van der Waals surface area contributed by atoms with Crippen molar-refractivity contribution in [2.75, 3.05) is 25.9 Å². The topological polar surface area (TPSA) is 75.3 Å². The minimum atomic E-state index is -3.52. The van der Waals surface area contributed by atoms with E-state index in [0.717, 1.165) is 6.26 Å². The molecule has 0 bridgehead atoms. The zero-order valence-electron chi connectivity index (χ0n) is 12.9. The third kappa shape index (κ3) is 4.02. The second-order valence-electron chi connectivity index (χ2n) is 5.76. The first-order valence-corrected chi connectivity index (χ1v) is 9.66. The van der Waals surface area contributed by atoms with Crippen LogP contribution in [0.5, 0.6) is 0 Å². The number of amides is 1. The Labute approximate surface area is 140 Å². The molecule has 1 aliphatic rings. The number of nitrogens with one attached hydrogen (secondary N) is 2. The molecule has 0 saturated carbocycles. The van der Waals surface area contributed by atoms with Crippen LogP contribution in [0.1, 0.15) is 18.4 Å². The third-order valence-corrected chi connectivity index (χ3v) is 6.59. The number of rotatable bonds is 5. The van der Waals surface area contributed by atoms with Gasteiger partial charge in [0.2, 0.25) is 5.91 Å². The molecule has 0 aromatic heterocycles. The van der Waals surface area contributed by atoms with Crippen LogP contribution in [0.2, 0.25) is 5.02 Å². The molecule has 1 heterocycles. The fraction of sp³-hybridized carbons (Fsp3) is 0.533. The van der Waals surface area contributed by atoms with Crippen LogP contribution in [0.4, 0.5) is 4.39 Å². The van der Waals surface area contributed by atoms with Crippen LogP contribution >= 0.6 is 11.6 Å². The highest BCUT2D eigenvalue weighted by molar-refractivity contribution is 7.92. The summed E-state index contributed by atoms with van der Waals surface area (Å²) in [7, 11) is -3.52. The van der Waals surface area contributed by atoms with Gasteiger partial charge < -0.3 is 10.6 Å². The molecule has 1 aliphatic heterocycles. The monoisotopic (exact) mass is 362 g/mol. The van der Waals surface area contributed by atoms with E-state index in [1.807, 2.05) is 0 Å². The highest BCUT2D eigenvalue weighted by atomic mass is 35.5. The van der Waals surface area contributed by atoms with E-state index in [1.165, 1.54) is 12.1 Å². The summed E-state index contributed by atoms with van der Waals surface area (Å²) in [5.74, 6) is -0.895. The molecular formula is C15H20ClFN2O3S. The van der Waals surface area contributed by atoms with E-state index in [2.05, 4.69) is 10.6 Å². The number of hydrogen-bond acceptors (Lipinski definition) is 4. The van der Waals surface area contributed by atoms with E-state index < -0.39 is 26.3 Å². The third-order valence-electron chi connectivity index (χ3n) is 4.23. The van der Waals surface area contributed by atoms with Crippen LogP contribution < -0.4 is 10.6 Å². The van der Waals surface area contributed by atoms with E-state index in [9.17, 15) is 17.6 Å². The van der Waals surface area contributed by atoms with Gasteiger partial charge in [-0.25, -0.2) is 12.8 Å². The van der Waals surface area contributed by atoms with Crippen molar-refractivity contribution in [3.63, 3.8) is 0 Å². The van der Waals surface area contributed by atoms with Crippen LogP contribution in [-0.4, -0.2) is 45.0 Å². The predicted octanol–water partition coefficient (Wildman–Crippen LogP) is 1.30. The van der Waals surface area contributed by atoms with Gasteiger partial charge in [0.25, 0.3) is 0 Å². The van der Waals surface area contributed by atoms with Crippen LogP contribution in [0, 0.1) is 5.82 Å². The first-order chi connectivity index (χ1) is 10.8. The van der Waals surface area contributed by atoms with Gasteiger partial charge in [0.05, 0.1) is 0 Å². The van der Waals surface area contributed by atoms with Gasteiger partial charge in [0.15, 0.2) is 14.6 Å². The van der Waals surface area contributed by atoms with Crippen LogP contribution in [-0.2, 0) is 21.1 Å². The molecule has 0 spiro atoms. The maximum Gasteiger partial charge on any atom is 0.241 e. The van der Waals surface area contributed by atoms with E-state index in [4.69, 9.17) is 11.6 Å². The molecule has 0 radical (unpaired) electrons. The molecule has 1 aromatic rings. The van der Waals surface area contributed by atoms with Crippen molar-refractivity contribution in [3.8, 4) is 0 Å². The summed E-state index contributed by atoms with van der Waals surface area (Å²) >= 11 is 5.94. The molecule has 2 N–H and O–H groups in total. The highest BCUT2D eigenvalue weighted by Crippen LogP contribution is 2.28. The first-order valence-electron chi connectivity index (χ1n) is 7.39. The van der Waals surface area contributed by atoms with Gasteiger partial charge >= 0.3 is 0 Å². The Morgan fingerprint density at radius 3 is 2.61 bits per heavy atom. The summed E-state index contributed by atoms with van der Waals surface area (Å²) in [5, 5.41) is 6.05. The number of sulfone groups is 1. The molecule has 0 unspecified atom stereocenters. The van der Waals surface area contributed by atoms with Crippen molar-refractivity contribution in [2.45, 2.75) is 24.0 Å². The fourth-order valence-electron chi connectivity index (χ4n) is 2.79. The lowest BCUT2D eigenvalue weighted by Crippen LogP contribution is -2.57. The van der Waals surface area contributed by atoms with Gasteiger partial charge in [-0.3, -0.25) is 4.79 Å². The average molecular weight is 363 g/mol. The van der Waals surface area contributed by atoms with Crippen molar-refractivity contribution >= 4 is 27.3 Å². The minimum absolute atomic E-state index is 0.245. The number of hydrogen-bond donors (Lipinski definition) is 2. The predicted molar refractivity (Wildman–Crippen MR) is 87.8 cm³/mol. The van der Waals surface area contributed by atoms with Gasteiger partial charge in [-0.05, 0) is 50.0 Å². The Bertz CT molecular complexity index is 688. The molecule has 5 nitrogen and oxygen atoms in total. The van der Waals surface area contributed by atoms with E-state index >= 15 is 0 Å². The van der Waals surface area contributed by atoms with Crippen molar-refractivity contribution in [1.82, 2.24) is 10.6 Å². The zero-order valence-corrected chi connectivity index (χ0v) is 14.4. The number of halogens is 2. The Hall–Kier alpha value is -1.18. The van der Waals surface area contributed by atoms with Gasteiger partial charge in [-0.1, -0.05) is 17.7 Å². The number of piperidine rings is 1. The van der Waals surface area contributed by atoms with Gasteiger partial charge in [0, 0.05) is 17.8 Å². The second kappa shape index (κ2) is 7.15. The van der Waals surface area contributed by atoms with Crippen LogP contribution in [0.15, 0.2) is 18.2 Å². The highest BCUT2D eigenvalue weighted by Gasteiger charge is 2.48. The van der Waals surface area contributed by atoms with Gasteiger partial charge in [-0.2, -0.15) is 0 Å². The maximum atomic E-state index is 13.0. The number of carbonyl (C=O) groups excluding carboxylic acids is 1. The smallest absolute Gasteiger partial charge is 0.241 e.